The fraction of sp³-hybridized carbons (Fsp3) is 1.00. The molecule has 0 rings (SSSR count). The molecule has 0 aliphatic heterocycles. The van der Waals surface area contributed by atoms with E-state index in [4.69, 9.17) is 10.5 Å². The van der Waals surface area contributed by atoms with Gasteiger partial charge in [0.25, 0.3) is 0 Å². The van der Waals surface area contributed by atoms with Crippen LogP contribution in [0.25, 0.3) is 0 Å². The van der Waals surface area contributed by atoms with Crippen LogP contribution in [0.3, 0.4) is 0 Å². The zero-order valence-corrected chi connectivity index (χ0v) is 10.2. The zero-order chi connectivity index (χ0) is 11.4. The van der Waals surface area contributed by atoms with Gasteiger partial charge in [0.1, 0.15) is 0 Å². The Morgan fingerprint density at radius 3 is 2.21 bits per heavy atom. The molecule has 0 unspecified atom stereocenters. The van der Waals surface area contributed by atoms with Gasteiger partial charge in [-0.3, -0.25) is 0 Å². The van der Waals surface area contributed by atoms with Crippen LogP contribution in [-0.4, -0.2) is 38.2 Å². The second kappa shape index (κ2) is 5.09. The smallest absolute Gasteiger partial charge is 0.154 e. The maximum absolute atomic E-state index is 11.5. The minimum absolute atomic E-state index is 0.00144. The second-order valence-electron chi connectivity index (χ2n) is 4.50. The summed E-state index contributed by atoms with van der Waals surface area (Å²) in [6.07, 6.45) is 0.0658. The fourth-order valence-corrected chi connectivity index (χ4v) is 2.68. The van der Waals surface area contributed by atoms with Crippen molar-refractivity contribution < 1.29 is 13.2 Å². The van der Waals surface area contributed by atoms with E-state index >= 15 is 0 Å². The van der Waals surface area contributed by atoms with Gasteiger partial charge in [0.05, 0.1) is 24.2 Å². The molecule has 0 spiro atoms. The molecule has 0 saturated heterocycles. The molecule has 0 amide bonds. The van der Waals surface area contributed by atoms with E-state index < -0.39 is 15.4 Å². The summed E-state index contributed by atoms with van der Waals surface area (Å²) in [6, 6.07) is 0. The highest BCUT2D eigenvalue weighted by molar-refractivity contribution is 7.91. The van der Waals surface area contributed by atoms with Gasteiger partial charge >= 0.3 is 0 Å². The minimum Gasteiger partial charge on any atom is -0.378 e. The molecule has 0 aromatic heterocycles. The first kappa shape index (κ1) is 13.9. The Kier molecular flexibility index (Phi) is 5.05. The van der Waals surface area contributed by atoms with Crippen molar-refractivity contribution in [1.82, 2.24) is 0 Å². The highest BCUT2D eigenvalue weighted by atomic mass is 32.2. The summed E-state index contributed by atoms with van der Waals surface area (Å²) in [5.41, 5.74) is 4.96. The Hall–Kier alpha value is -0.130. The van der Waals surface area contributed by atoms with Gasteiger partial charge in [-0.2, -0.15) is 0 Å². The largest absolute Gasteiger partial charge is 0.378 e. The molecule has 0 atom stereocenters. The lowest BCUT2D eigenvalue weighted by molar-refractivity contribution is 0.0912. The summed E-state index contributed by atoms with van der Waals surface area (Å²) < 4.78 is 28.1. The van der Waals surface area contributed by atoms with Crippen LogP contribution in [-0.2, 0) is 14.6 Å². The molecule has 2 N–H and O–H groups in total. The van der Waals surface area contributed by atoms with E-state index in [0.29, 0.717) is 0 Å². The van der Waals surface area contributed by atoms with Gasteiger partial charge in [-0.25, -0.2) is 8.42 Å². The summed E-state index contributed by atoms with van der Waals surface area (Å²) in [5, 5.41) is 0. The fourth-order valence-electron chi connectivity index (χ4n) is 1.05. The summed E-state index contributed by atoms with van der Waals surface area (Å²) in [7, 11) is -3.08. The van der Waals surface area contributed by atoms with Crippen molar-refractivity contribution in [3.05, 3.63) is 0 Å². The van der Waals surface area contributed by atoms with Gasteiger partial charge in [-0.1, -0.05) is 0 Å². The third-order valence-electron chi connectivity index (χ3n) is 1.44. The first-order valence-corrected chi connectivity index (χ1v) is 6.55. The normalized spacial score (nSPS) is 13.6. The Morgan fingerprint density at radius 1 is 1.36 bits per heavy atom. The zero-order valence-electron chi connectivity index (χ0n) is 9.41. The van der Waals surface area contributed by atoms with Crippen LogP contribution >= 0.6 is 0 Å². The molecule has 4 nitrogen and oxygen atoms in total. The monoisotopic (exact) mass is 223 g/mol. The van der Waals surface area contributed by atoms with Crippen molar-refractivity contribution in [2.24, 2.45) is 5.73 Å². The molecule has 0 fully saturated rings. The van der Waals surface area contributed by atoms with E-state index in [0.717, 1.165) is 0 Å². The number of hydrogen-bond donors (Lipinski definition) is 1. The number of sulfone groups is 1. The van der Waals surface area contributed by atoms with Gasteiger partial charge in [-0.15, -0.1) is 0 Å². The standard InChI is InChI=1S/C9H21NO3S/c1-8(2)13-5-6-14(11,12)7-9(3,4)10/h8H,5-7,10H2,1-4H3. The average molecular weight is 223 g/mol. The Labute approximate surface area is 86.7 Å². The lowest BCUT2D eigenvalue weighted by Gasteiger charge is -2.18. The topological polar surface area (TPSA) is 69.4 Å². The van der Waals surface area contributed by atoms with Gasteiger partial charge < -0.3 is 10.5 Å². The maximum atomic E-state index is 11.5. The quantitative estimate of drug-likeness (QED) is 0.714. The predicted molar refractivity (Wildman–Crippen MR) is 58.0 cm³/mol. The molecule has 14 heavy (non-hydrogen) atoms. The molecular formula is C9H21NO3S. The van der Waals surface area contributed by atoms with Crippen LogP contribution in [0.15, 0.2) is 0 Å². The van der Waals surface area contributed by atoms with Gasteiger partial charge in [0.2, 0.25) is 0 Å². The lowest BCUT2D eigenvalue weighted by atomic mass is 10.1. The first-order chi connectivity index (χ1) is 6.12. The summed E-state index contributed by atoms with van der Waals surface area (Å²) in [5.74, 6) is 0.0489. The van der Waals surface area contributed by atoms with Crippen molar-refractivity contribution in [3.63, 3.8) is 0 Å². The van der Waals surface area contributed by atoms with Crippen LogP contribution < -0.4 is 5.73 Å². The van der Waals surface area contributed by atoms with Gasteiger partial charge in [0, 0.05) is 5.54 Å². The van der Waals surface area contributed by atoms with Crippen LogP contribution in [0, 0.1) is 0 Å². The van der Waals surface area contributed by atoms with E-state index in [1.807, 2.05) is 13.8 Å². The second-order valence-corrected chi connectivity index (χ2v) is 6.68. The van der Waals surface area contributed by atoms with Crippen molar-refractivity contribution in [1.29, 1.82) is 0 Å². The van der Waals surface area contributed by atoms with Crippen molar-refractivity contribution >= 4 is 9.84 Å². The van der Waals surface area contributed by atoms with Crippen molar-refractivity contribution in [2.45, 2.75) is 39.3 Å². The molecule has 0 aliphatic carbocycles. The summed E-state index contributed by atoms with van der Waals surface area (Å²) in [4.78, 5) is 0. The van der Waals surface area contributed by atoms with E-state index in [-0.39, 0.29) is 24.2 Å². The molecule has 0 aromatic carbocycles. The van der Waals surface area contributed by atoms with Gasteiger partial charge in [0.15, 0.2) is 9.84 Å². The molecule has 0 bridgehead atoms. The summed E-state index contributed by atoms with van der Waals surface area (Å²) >= 11 is 0. The van der Waals surface area contributed by atoms with Crippen molar-refractivity contribution in [3.8, 4) is 0 Å². The van der Waals surface area contributed by atoms with Crippen LogP contribution in [0.5, 0.6) is 0 Å². The lowest BCUT2D eigenvalue weighted by Crippen LogP contribution is -2.41. The van der Waals surface area contributed by atoms with E-state index in [9.17, 15) is 8.42 Å². The van der Waals surface area contributed by atoms with Crippen LogP contribution in [0.1, 0.15) is 27.7 Å². The number of rotatable bonds is 6. The Morgan fingerprint density at radius 2 is 1.86 bits per heavy atom. The first-order valence-electron chi connectivity index (χ1n) is 4.73. The predicted octanol–water partition coefficient (Wildman–Crippen LogP) is 0.564. The number of hydrogen-bond acceptors (Lipinski definition) is 4. The molecule has 0 saturated carbocycles. The molecule has 0 heterocycles. The Bertz CT molecular complexity index is 252. The SMILES string of the molecule is CC(C)OCCS(=O)(=O)CC(C)(C)N. The Balaban J connectivity index is 3.98. The third kappa shape index (κ3) is 8.47. The van der Waals surface area contributed by atoms with Crippen molar-refractivity contribution in [2.75, 3.05) is 18.1 Å². The number of ether oxygens (including phenoxy) is 1. The van der Waals surface area contributed by atoms with Crippen LogP contribution in [0.2, 0.25) is 0 Å². The van der Waals surface area contributed by atoms with E-state index in [2.05, 4.69) is 0 Å². The number of nitrogens with two attached hydrogens (primary N) is 1. The molecule has 0 aliphatic rings. The third-order valence-corrected chi connectivity index (χ3v) is 3.41. The van der Waals surface area contributed by atoms with Gasteiger partial charge in [-0.05, 0) is 27.7 Å². The van der Waals surface area contributed by atoms with E-state index in [1.54, 1.807) is 13.8 Å². The molecule has 5 heteroatoms. The summed E-state index contributed by atoms with van der Waals surface area (Å²) in [6.45, 7) is 7.40. The highest BCUT2D eigenvalue weighted by Gasteiger charge is 2.21. The molecular weight excluding hydrogens is 202 g/mol. The van der Waals surface area contributed by atoms with E-state index in [1.165, 1.54) is 0 Å². The van der Waals surface area contributed by atoms with Crippen LogP contribution in [0.4, 0.5) is 0 Å². The maximum Gasteiger partial charge on any atom is 0.154 e. The minimum atomic E-state index is -3.08. The average Bonchev–Trinajstić information content (AvgIpc) is 1.78. The molecule has 0 radical (unpaired) electrons. The highest BCUT2D eigenvalue weighted by Crippen LogP contribution is 2.04. The molecule has 86 valence electrons. The molecule has 0 aromatic rings.